The highest BCUT2D eigenvalue weighted by Crippen LogP contribution is 2.34. The van der Waals surface area contributed by atoms with Crippen LogP contribution in [0.4, 0.5) is 18.9 Å². The highest BCUT2D eigenvalue weighted by Gasteiger charge is 2.32. The van der Waals surface area contributed by atoms with Gasteiger partial charge in [-0.15, -0.1) is 6.58 Å². The molecule has 3 nitrogen and oxygen atoms in total. The van der Waals surface area contributed by atoms with Crippen LogP contribution in [-0.4, -0.2) is 25.0 Å². The maximum absolute atomic E-state index is 12.6. The van der Waals surface area contributed by atoms with Crippen LogP contribution in [0.3, 0.4) is 0 Å². The summed E-state index contributed by atoms with van der Waals surface area (Å²) in [6.45, 7) is 16.9. The number of unbranched alkanes of at least 4 members (excludes halogenated alkanes) is 2. The third-order valence-corrected chi connectivity index (χ3v) is 5.62. The number of para-hydroxylation sites is 1. The second kappa shape index (κ2) is 17.2. The number of hydrogen-bond acceptors (Lipinski definition) is 3. The lowest BCUT2D eigenvalue weighted by molar-refractivity contribution is -0.136. The first-order chi connectivity index (χ1) is 18.0. The van der Waals surface area contributed by atoms with Crippen molar-refractivity contribution in [1.29, 1.82) is 0 Å². The lowest BCUT2D eigenvalue weighted by atomic mass is 10.0. The normalized spacial score (nSPS) is 18.0. The van der Waals surface area contributed by atoms with E-state index in [0.717, 1.165) is 48.9 Å². The molecule has 0 aliphatic carbocycles. The summed E-state index contributed by atoms with van der Waals surface area (Å²) in [7, 11) is 0. The number of nitrogens with one attached hydrogen (secondary N) is 1. The van der Waals surface area contributed by atoms with Crippen LogP contribution in [0.25, 0.3) is 0 Å². The van der Waals surface area contributed by atoms with Crippen LogP contribution in [0.15, 0.2) is 94.1 Å². The quantitative estimate of drug-likeness (QED) is 0.296. The third-order valence-electron chi connectivity index (χ3n) is 5.62. The minimum absolute atomic E-state index is 0.172. The third kappa shape index (κ3) is 11.8. The van der Waals surface area contributed by atoms with Gasteiger partial charge < -0.3 is 5.32 Å². The molecule has 0 atom stereocenters. The Morgan fingerprint density at radius 2 is 1.61 bits per heavy atom. The zero-order chi connectivity index (χ0) is 28.6. The number of anilines is 1. The van der Waals surface area contributed by atoms with Gasteiger partial charge in [-0.25, -0.2) is 0 Å². The first-order valence-electron chi connectivity index (χ1n) is 13.0. The molecule has 206 valence electrons. The molecule has 1 heterocycles. The fraction of sp³-hybridized carbons (Fsp3) is 0.375. The van der Waals surface area contributed by atoms with E-state index in [2.05, 4.69) is 74.9 Å². The Morgan fingerprint density at radius 1 is 0.974 bits per heavy atom. The maximum Gasteiger partial charge on any atom is 0.418 e. The molecule has 1 aliphatic heterocycles. The Labute approximate surface area is 227 Å². The number of nitrogens with zero attached hydrogens (tertiary/aromatic N) is 2. The minimum atomic E-state index is -4.28. The van der Waals surface area contributed by atoms with E-state index in [4.69, 9.17) is 4.99 Å². The van der Waals surface area contributed by atoms with E-state index >= 15 is 0 Å². The smallest absolute Gasteiger partial charge is 0.385 e. The first-order valence-corrected chi connectivity index (χ1v) is 13.0. The lowest BCUT2D eigenvalue weighted by Gasteiger charge is -2.14. The molecule has 6 heteroatoms. The molecular weight excluding hydrogens is 483 g/mol. The standard InChI is InChI=1S/C17H20N2.C12H16F3N.C3H6/c1-12-9-17(16-8-6-5-7-13(16)2)19-15(4)14(3)11-18-10-12;1-2-3-6-9-16-11-8-5-4-7-10(11)12(13,14)15;1-3-2/h5-9,11H,10H2,1-4H3;4-5,7-8,16H,2-3,6,9H2,1H3;3H,1H2,2H3/b12-9-,15-14+,18-11?,19-17-;;. The van der Waals surface area contributed by atoms with Gasteiger partial charge in [0.05, 0.1) is 17.8 Å². The zero-order valence-electron chi connectivity index (χ0n) is 23.6. The molecule has 2 aromatic carbocycles. The molecule has 1 N–H and O–H groups in total. The Morgan fingerprint density at radius 3 is 2.24 bits per heavy atom. The molecule has 38 heavy (non-hydrogen) atoms. The summed E-state index contributed by atoms with van der Waals surface area (Å²) < 4.78 is 37.8. The number of alkyl halides is 3. The second-order valence-corrected chi connectivity index (χ2v) is 9.13. The number of allylic oxidation sites excluding steroid dienone is 4. The predicted octanol–water partition coefficient (Wildman–Crippen LogP) is 9.61. The van der Waals surface area contributed by atoms with Gasteiger partial charge in [-0.1, -0.05) is 62.2 Å². The topological polar surface area (TPSA) is 36.8 Å². The Kier molecular flexibility index (Phi) is 14.7. The maximum atomic E-state index is 12.6. The van der Waals surface area contributed by atoms with Crippen molar-refractivity contribution in [2.24, 2.45) is 9.98 Å². The molecule has 3 rings (SSSR count). The van der Waals surface area contributed by atoms with Crippen molar-refractivity contribution in [3.63, 3.8) is 0 Å². The van der Waals surface area contributed by atoms with Crippen molar-refractivity contribution in [1.82, 2.24) is 0 Å². The fourth-order valence-electron chi connectivity index (χ4n) is 3.48. The molecule has 0 saturated carbocycles. The van der Waals surface area contributed by atoms with Crippen molar-refractivity contribution in [2.45, 2.75) is 67.0 Å². The Hall–Kier alpha value is -3.41. The van der Waals surface area contributed by atoms with Crippen LogP contribution in [0.1, 0.15) is 70.6 Å². The monoisotopic (exact) mass is 525 g/mol. The van der Waals surface area contributed by atoms with Gasteiger partial charge in [0, 0.05) is 29.7 Å². The van der Waals surface area contributed by atoms with Crippen molar-refractivity contribution in [3.05, 3.63) is 101 Å². The molecule has 0 bridgehead atoms. The number of aliphatic imine (C=N–C) groups is 2. The highest BCUT2D eigenvalue weighted by atomic mass is 19.4. The Bertz CT molecular complexity index is 1140. The predicted molar refractivity (Wildman–Crippen MR) is 159 cm³/mol. The molecule has 0 saturated heterocycles. The van der Waals surface area contributed by atoms with E-state index < -0.39 is 11.7 Å². The van der Waals surface area contributed by atoms with Crippen LogP contribution in [0.5, 0.6) is 0 Å². The van der Waals surface area contributed by atoms with Gasteiger partial charge in [-0.3, -0.25) is 9.98 Å². The van der Waals surface area contributed by atoms with Gasteiger partial charge in [0.15, 0.2) is 0 Å². The summed E-state index contributed by atoms with van der Waals surface area (Å²) >= 11 is 0. The fourth-order valence-corrected chi connectivity index (χ4v) is 3.48. The molecule has 0 aromatic heterocycles. The molecule has 0 fully saturated rings. The number of rotatable bonds is 6. The van der Waals surface area contributed by atoms with Gasteiger partial charge in [0.2, 0.25) is 0 Å². The molecule has 2 aromatic rings. The minimum Gasteiger partial charge on any atom is -0.385 e. The van der Waals surface area contributed by atoms with Crippen LogP contribution in [0, 0.1) is 6.92 Å². The van der Waals surface area contributed by atoms with Crippen LogP contribution >= 0.6 is 0 Å². The van der Waals surface area contributed by atoms with E-state index in [1.54, 1.807) is 12.1 Å². The van der Waals surface area contributed by atoms with Gasteiger partial charge in [0.25, 0.3) is 0 Å². The molecule has 0 radical (unpaired) electrons. The molecule has 0 spiro atoms. The summed E-state index contributed by atoms with van der Waals surface area (Å²) in [5, 5.41) is 2.83. The summed E-state index contributed by atoms with van der Waals surface area (Å²) in [5.74, 6) is 0. The van der Waals surface area contributed by atoms with Gasteiger partial charge in [0.1, 0.15) is 0 Å². The summed E-state index contributed by atoms with van der Waals surface area (Å²) in [5.41, 5.74) is 6.41. The van der Waals surface area contributed by atoms with Crippen molar-refractivity contribution >= 4 is 17.6 Å². The van der Waals surface area contributed by atoms with Crippen molar-refractivity contribution in [3.8, 4) is 0 Å². The van der Waals surface area contributed by atoms with Crippen molar-refractivity contribution in [2.75, 3.05) is 18.4 Å². The van der Waals surface area contributed by atoms with E-state index in [1.165, 1.54) is 28.8 Å². The van der Waals surface area contributed by atoms with Gasteiger partial charge in [-0.05, 0) is 76.0 Å². The average Bonchev–Trinajstić information content (AvgIpc) is 2.92. The number of hydrogen-bond donors (Lipinski definition) is 1. The summed E-state index contributed by atoms with van der Waals surface area (Å²) in [6.07, 6.45) is 4.50. The van der Waals surface area contributed by atoms with E-state index in [0.29, 0.717) is 6.54 Å². The van der Waals surface area contributed by atoms with Gasteiger partial charge in [-0.2, -0.15) is 13.2 Å². The second-order valence-electron chi connectivity index (χ2n) is 9.13. The van der Waals surface area contributed by atoms with E-state index in [-0.39, 0.29) is 5.69 Å². The molecule has 1 aliphatic rings. The number of benzene rings is 2. The number of halogens is 3. The van der Waals surface area contributed by atoms with Crippen LogP contribution in [-0.2, 0) is 6.18 Å². The molecule has 0 unspecified atom stereocenters. The highest BCUT2D eigenvalue weighted by molar-refractivity contribution is 6.10. The van der Waals surface area contributed by atoms with Crippen LogP contribution in [0.2, 0.25) is 0 Å². The molecular formula is C32H42F3N3. The first kappa shape index (κ1) is 32.6. The Balaban J connectivity index is 0.000000349. The SMILES string of the molecule is C/C1=C/C(c2ccccc2C)=N/C(C)=C(\C)C=NC1.C=CC.CCCCCNc1ccccc1C(F)(F)F. The van der Waals surface area contributed by atoms with Crippen LogP contribution < -0.4 is 5.32 Å². The van der Waals surface area contributed by atoms with E-state index in [9.17, 15) is 13.2 Å². The largest absolute Gasteiger partial charge is 0.418 e. The van der Waals surface area contributed by atoms with E-state index in [1.807, 2.05) is 20.1 Å². The average molecular weight is 526 g/mol. The lowest BCUT2D eigenvalue weighted by Crippen LogP contribution is -2.11. The molecule has 0 amide bonds. The van der Waals surface area contributed by atoms with Crippen molar-refractivity contribution < 1.29 is 13.2 Å². The zero-order valence-corrected chi connectivity index (χ0v) is 23.6. The summed E-state index contributed by atoms with van der Waals surface area (Å²) in [6, 6.07) is 13.9. The summed E-state index contributed by atoms with van der Waals surface area (Å²) in [4.78, 5) is 9.22. The van der Waals surface area contributed by atoms with Gasteiger partial charge >= 0.3 is 6.18 Å². The number of aryl methyl sites for hydroxylation is 1.